The lowest BCUT2D eigenvalue weighted by Crippen LogP contribution is -2.09. The Labute approximate surface area is 110 Å². The Morgan fingerprint density at radius 2 is 2.32 bits per heavy atom. The number of anilines is 1. The molecule has 19 heavy (non-hydrogen) atoms. The van der Waals surface area contributed by atoms with Crippen LogP contribution in [0, 0.1) is 6.92 Å². The first kappa shape index (κ1) is 13.3. The summed E-state index contributed by atoms with van der Waals surface area (Å²) in [5, 5.41) is 7.78. The van der Waals surface area contributed by atoms with E-state index >= 15 is 0 Å². The summed E-state index contributed by atoms with van der Waals surface area (Å²) in [5.74, 6) is 0.492. The fourth-order valence-corrected chi connectivity index (χ4v) is 1.73. The molecule has 0 spiro atoms. The standard InChI is InChI=1S/C12H16N4O3/c1-3-18-9(17)5-4-6-13-11-10-8(2)16-19-12(10)15-7-14-11/h7H,3-6H2,1-2H3,(H,13,14,15). The molecule has 0 radical (unpaired) electrons. The minimum absolute atomic E-state index is 0.182. The number of esters is 1. The van der Waals surface area contributed by atoms with Gasteiger partial charge in [-0.3, -0.25) is 4.79 Å². The quantitative estimate of drug-likeness (QED) is 0.627. The molecule has 0 aliphatic carbocycles. The second kappa shape index (κ2) is 6.12. The number of nitrogens with one attached hydrogen (secondary N) is 1. The van der Waals surface area contributed by atoms with Crippen LogP contribution in [0.4, 0.5) is 5.82 Å². The van der Waals surface area contributed by atoms with E-state index in [0.29, 0.717) is 37.5 Å². The van der Waals surface area contributed by atoms with Crippen LogP contribution in [0.2, 0.25) is 0 Å². The Kier molecular flexibility index (Phi) is 4.27. The summed E-state index contributed by atoms with van der Waals surface area (Å²) in [5.41, 5.74) is 1.20. The molecule has 2 heterocycles. The maximum atomic E-state index is 11.2. The zero-order valence-corrected chi connectivity index (χ0v) is 11.0. The van der Waals surface area contributed by atoms with Crippen LogP contribution in [0.3, 0.4) is 0 Å². The molecule has 0 unspecified atom stereocenters. The SMILES string of the molecule is CCOC(=O)CCCNc1ncnc2onc(C)c12. The number of aryl methyl sites for hydroxylation is 1. The summed E-state index contributed by atoms with van der Waals surface area (Å²) in [4.78, 5) is 19.3. The second-order valence-corrected chi connectivity index (χ2v) is 4.01. The molecule has 2 rings (SSSR count). The maximum Gasteiger partial charge on any atom is 0.305 e. The number of nitrogens with zero attached hydrogens (tertiary/aromatic N) is 3. The third kappa shape index (κ3) is 3.18. The molecule has 0 saturated heterocycles. The monoisotopic (exact) mass is 264 g/mol. The van der Waals surface area contributed by atoms with Gasteiger partial charge in [-0.1, -0.05) is 5.16 Å². The van der Waals surface area contributed by atoms with Gasteiger partial charge < -0.3 is 14.6 Å². The van der Waals surface area contributed by atoms with Crippen molar-refractivity contribution in [3.63, 3.8) is 0 Å². The van der Waals surface area contributed by atoms with Crippen molar-refractivity contribution in [2.75, 3.05) is 18.5 Å². The lowest BCUT2D eigenvalue weighted by molar-refractivity contribution is -0.143. The Morgan fingerprint density at radius 3 is 3.11 bits per heavy atom. The first-order valence-corrected chi connectivity index (χ1v) is 6.19. The van der Waals surface area contributed by atoms with E-state index in [0.717, 1.165) is 11.1 Å². The van der Waals surface area contributed by atoms with Gasteiger partial charge in [0.2, 0.25) is 0 Å². The van der Waals surface area contributed by atoms with E-state index in [2.05, 4.69) is 20.4 Å². The van der Waals surface area contributed by atoms with Gasteiger partial charge in [0.1, 0.15) is 17.5 Å². The largest absolute Gasteiger partial charge is 0.466 e. The predicted molar refractivity (Wildman–Crippen MR) is 68.7 cm³/mol. The number of carbonyl (C=O) groups excluding carboxylic acids is 1. The van der Waals surface area contributed by atoms with Gasteiger partial charge in [-0.05, 0) is 20.3 Å². The Balaban J connectivity index is 1.91. The van der Waals surface area contributed by atoms with Crippen molar-refractivity contribution in [3.05, 3.63) is 12.0 Å². The first-order valence-electron chi connectivity index (χ1n) is 6.19. The number of carbonyl (C=O) groups is 1. The molecule has 7 nitrogen and oxygen atoms in total. The van der Waals surface area contributed by atoms with Crippen LogP contribution in [0.25, 0.3) is 11.1 Å². The van der Waals surface area contributed by atoms with Crippen LogP contribution >= 0.6 is 0 Å². The van der Waals surface area contributed by atoms with Gasteiger partial charge >= 0.3 is 5.97 Å². The minimum atomic E-state index is -0.182. The van der Waals surface area contributed by atoms with Crippen molar-refractivity contribution in [3.8, 4) is 0 Å². The van der Waals surface area contributed by atoms with Crippen LogP contribution in [0.15, 0.2) is 10.9 Å². The van der Waals surface area contributed by atoms with Gasteiger partial charge in [0.15, 0.2) is 0 Å². The molecule has 0 aliphatic heterocycles. The number of fused-ring (bicyclic) bond motifs is 1. The van der Waals surface area contributed by atoms with Gasteiger partial charge in [-0.25, -0.2) is 4.98 Å². The predicted octanol–water partition coefficient (Wildman–Crippen LogP) is 1.68. The van der Waals surface area contributed by atoms with E-state index in [-0.39, 0.29) is 5.97 Å². The van der Waals surface area contributed by atoms with Gasteiger partial charge in [-0.2, -0.15) is 4.98 Å². The second-order valence-electron chi connectivity index (χ2n) is 4.01. The maximum absolute atomic E-state index is 11.2. The molecule has 0 atom stereocenters. The number of rotatable bonds is 6. The topological polar surface area (TPSA) is 90.1 Å². The van der Waals surface area contributed by atoms with Crippen molar-refractivity contribution < 1.29 is 14.1 Å². The Bertz CT molecular complexity index is 567. The third-order valence-electron chi connectivity index (χ3n) is 2.60. The van der Waals surface area contributed by atoms with Crippen molar-refractivity contribution in [1.29, 1.82) is 0 Å². The molecule has 0 amide bonds. The molecule has 1 N–H and O–H groups in total. The normalized spacial score (nSPS) is 10.6. The fourth-order valence-electron chi connectivity index (χ4n) is 1.73. The van der Waals surface area contributed by atoms with E-state index in [9.17, 15) is 4.79 Å². The highest BCUT2D eigenvalue weighted by Gasteiger charge is 2.11. The number of hydrogen-bond acceptors (Lipinski definition) is 7. The van der Waals surface area contributed by atoms with Crippen molar-refractivity contribution in [1.82, 2.24) is 15.1 Å². The zero-order valence-electron chi connectivity index (χ0n) is 11.0. The highest BCUT2D eigenvalue weighted by Crippen LogP contribution is 2.22. The van der Waals surface area contributed by atoms with Crippen LogP contribution in [-0.2, 0) is 9.53 Å². The van der Waals surface area contributed by atoms with Gasteiger partial charge in [0.25, 0.3) is 5.71 Å². The van der Waals surface area contributed by atoms with Crippen LogP contribution < -0.4 is 5.32 Å². The number of ether oxygens (including phenoxy) is 1. The molecule has 0 aromatic carbocycles. The summed E-state index contributed by atoms with van der Waals surface area (Å²) in [7, 11) is 0. The zero-order chi connectivity index (χ0) is 13.7. The van der Waals surface area contributed by atoms with E-state index in [1.807, 2.05) is 6.92 Å². The molecule has 2 aromatic rings. The molecule has 2 aromatic heterocycles. The average Bonchev–Trinajstić information content (AvgIpc) is 2.78. The van der Waals surface area contributed by atoms with Crippen molar-refractivity contribution in [2.45, 2.75) is 26.7 Å². The average molecular weight is 264 g/mol. The third-order valence-corrected chi connectivity index (χ3v) is 2.60. The lowest BCUT2D eigenvalue weighted by Gasteiger charge is -2.05. The van der Waals surface area contributed by atoms with Crippen molar-refractivity contribution >= 4 is 22.9 Å². The van der Waals surface area contributed by atoms with E-state index in [4.69, 9.17) is 9.26 Å². The van der Waals surface area contributed by atoms with E-state index < -0.39 is 0 Å². The summed E-state index contributed by atoms with van der Waals surface area (Å²) in [6.07, 6.45) is 2.48. The minimum Gasteiger partial charge on any atom is -0.466 e. The van der Waals surface area contributed by atoms with E-state index in [1.165, 1.54) is 6.33 Å². The smallest absolute Gasteiger partial charge is 0.305 e. The lowest BCUT2D eigenvalue weighted by atomic mass is 10.3. The number of hydrogen-bond donors (Lipinski definition) is 1. The fraction of sp³-hybridized carbons (Fsp3) is 0.500. The molecule has 7 heteroatoms. The van der Waals surface area contributed by atoms with Gasteiger partial charge in [0.05, 0.1) is 12.3 Å². The molecule has 0 saturated carbocycles. The molecule has 0 aliphatic rings. The van der Waals surface area contributed by atoms with Crippen LogP contribution in [0.1, 0.15) is 25.5 Å². The Morgan fingerprint density at radius 1 is 1.47 bits per heavy atom. The highest BCUT2D eigenvalue weighted by molar-refractivity contribution is 5.87. The summed E-state index contributed by atoms with van der Waals surface area (Å²) < 4.78 is 9.90. The van der Waals surface area contributed by atoms with Crippen molar-refractivity contribution in [2.24, 2.45) is 0 Å². The van der Waals surface area contributed by atoms with Crippen LogP contribution in [0.5, 0.6) is 0 Å². The molecule has 0 bridgehead atoms. The summed E-state index contributed by atoms with van der Waals surface area (Å²) >= 11 is 0. The first-order chi connectivity index (χ1) is 9.22. The molecular formula is C12H16N4O3. The van der Waals surface area contributed by atoms with Gasteiger partial charge in [0, 0.05) is 13.0 Å². The summed E-state index contributed by atoms with van der Waals surface area (Å²) in [6, 6.07) is 0. The van der Waals surface area contributed by atoms with Crippen LogP contribution in [-0.4, -0.2) is 34.2 Å². The molecular weight excluding hydrogens is 248 g/mol. The Hall–Kier alpha value is -2.18. The summed E-state index contributed by atoms with van der Waals surface area (Å²) in [6.45, 7) is 4.66. The van der Waals surface area contributed by atoms with E-state index in [1.54, 1.807) is 6.92 Å². The van der Waals surface area contributed by atoms with Gasteiger partial charge in [-0.15, -0.1) is 0 Å². The molecule has 102 valence electrons. The number of aromatic nitrogens is 3. The highest BCUT2D eigenvalue weighted by atomic mass is 16.5. The molecule has 0 fully saturated rings.